The van der Waals surface area contributed by atoms with Crippen LogP contribution in [0.15, 0.2) is 53.3 Å². The number of non-ortho nitro benzene ring substituents is 1. The summed E-state index contributed by atoms with van der Waals surface area (Å²) in [5.74, 6) is 0.264. The summed E-state index contributed by atoms with van der Waals surface area (Å²) in [6.07, 6.45) is 0.115. The van der Waals surface area contributed by atoms with E-state index in [1.165, 1.54) is 12.1 Å². The molecule has 1 aromatic heterocycles. The average Bonchev–Trinajstić information content (AvgIpc) is 2.66. The van der Waals surface area contributed by atoms with Crippen molar-refractivity contribution in [2.75, 3.05) is 6.54 Å². The Hall–Kier alpha value is -3.55. The standard InChI is InChI=1S/C19H18N4O4/c1-2-22(18(24)11-13-7-9-14(10-8-13)23(26)27)12-17-20-16-6-4-3-5-15(16)19(25)21-17/h3-10H,2,11-12H2,1H3,(H,20,21,25). The number of hydrogen-bond donors (Lipinski definition) is 1. The second kappa shape index (κ2) is 7.77. The molecule has 0 aliphatic heterocycles. The molecular weight excluding hydrogens is 348 g/mol. The number of H-pyrrole nitrogens is 1. The van der Waals surface area contributed by atoms with Crippen molar-refractivity contribution in [3.05, 3.63) is 80.4 Å². The number of nitrogens with zero attached hydrogens (tertiary/aromatic N) is 3. The van der Waals surface area contributed by atoms with Gasteiger partial charge in [-0.2, -0.15) is 0 Å². The Morgan fingerprint density at radius 2 is 1.89 bits per heavy atom. The molecule has 2 aromatic carbocycles. The van der Waals surface area contributed by atoms with Crippen LogP contribution in [0.3, 0.4) is 0 Å². The van der Waals surface area contributed by atoms with Crippen LogP contribution in [0.4, 0.5) is 5.69 Å². The van der Waals surface area contributed by atoms with E-state index in [2.05, 4.69) is 9.97 Å². The Bertz CT molecular complexity index is 1040. The molecule has 27 heavy (non-hydrogen) atoms. The van der Waals surface area contributed by atoms with E-state index in [0.717, 1.165) is 0 Å². The summed E-state index contributed by atoms with van der Waals surface area (Å²) in [6, 6.07) is 12.9. The van der Waals surface area contributed by atoms with Gasteiger partial charge < -0.3 is 9.88 Å². The molecule has 0 radical (unpaired) electrons. The van der Waals surface area contributed by atoms with E-state index in [4.69, 9.17) is 0 Å². The first kappa shape index (κ1) is 18.2. The maximum Gasteiger partial charge on any atom is 0.269 e. The molecule has 0 fully saturated rings. The van der Waals surface area contributed by atoms with Crippen LogP contribution in [0.1, 0.15) is 18.3 Å². The summed E-state index contributed by atoms with van der Waals surface area (Å²) in [7, 11) is 0. The van der Waals surface area contributed by atoms with Crippen molar-refractivity contribution in [3.8, 4) is 0 Å². The zero-order valence-corrected chi connectivity index (χ0v) is 14.7. The highest BCUT2D eigenvalue weighted by Crippen LogP contribution is 2.14. The molecule has 8 heteroatoms. The van der Waals surface area contributed by atoms with Gasteiger partial charge in [0, 0.05) is 18.7 Å². The van der Waals surface area contributed by atoms with Crippen molar-refractivity contribution in [2.45, 2.75) is 19.9 Å². The number of carbonyl (C=O) groups is 1. The number of amides is 1. The summed E-state index contributed by atoms with van der Waals surface area (Å²) < 4.78 is 0. The van der Waals surface area contributed by atoms with Crippen LogP contribution < -0.4 is 5.56 Å². The Kier molecular flexibility index (Phi) is 5.25. The minimum atomic E-state index is -0.480. The number of para-hydroxylation sites is 1. The molecular formula is C19H18N4O4. The maximum absolute atomic E-state index is 12.6. The van der Waals surface area contributed by atoms with Gasteiger partial charge in [-0.1, -0.05) is 24.3 Å². The van der Waals surface area contributed by atoms with Gasteiger partial charge in [-0.25, -0.2) is 4.98 Å². The van der Waals surface area contributed by atoms with Gasteiger partial charge in [-0.15, -0.1) is 0 Å². The van der Waals surface area contributed by atoms with Gasteiger partial charge in [0.25, 0.3) is 11.2 Å². The number of nitro benzene ring substituents is 1. The Balaban J connectivity index is 1.75. The highest BCUT2D eigenvalue weighted by Gasteiger charge is 2.15. The van der Waals surface area contributed by atoms with E-state index in [0.29, 0.717) is 28.8 Å². The first-order valence-electron chi connectivity index (χ1n) is 8.47. The first-order valence-corrected chi connectivity index (χ1v) is 8.47. The van der Waals surface area contributed by atoms with E-state index < -0.39 is 4.92 Å². The molecule has 0 atom stereocenters. The van der Waals surface area contributed by atoms with Crippen molar-refractivity contribution >= 4 is 22.5 Å². The van der Waals surface area contributed by atoms with Crippen LogP contribution in [0.2, 0.25) is 0 Å². The lowest BCUT2D eigenvalue weighted by molar-refractivity contribution is -0.384. The molecule has 0 unspecified atom stereocenters. The number of nitro groups is 1. The van der Waals surface area contributed by atoms with Gasteiger partial charge in [0.05, 0.1) is 28.8 Å². The largest absolute Gasteiger partial charge is 0.335 e. The molecule has 3 rings (SSSR count). The summed E-state index contributed by atoms with van der Waals surface area (Å²) in [4.78, 5) is 43.7. The second-order valence-electron chi connectivity index (χ2n) is 6.04. The van der Waals surface area contributed by atoms with E-state index in [9.17, 15) is 19.7 Å². The highest BCUT2D eigenvalue weighted by molar-refractivity contribution is 5.79. The molecule has 1 amide bonds. The van der Waals surface area contributed by atoms with E-state index in [1.807, 2.05) is 6.92 Å². The van der Waals surface area contributed by atoms with Crippen LogP contribution in [0.5, 0.6) is 0 Å². The monoisotopic (exact) mass is 366 g/mol. The molecule has 138 valence electrons. The molecule has 0 saturated carbocycles. The average molecular weight is 366 g/mol. The number of benzene rings is 2. The predicted molar refractivity (Wildman–Crippen MR) is 100 cm³/mol. The summed E-state index contributed by atoms with van der Waals surface area (Å²) >= 11 is 0. The van der Waals surface area contributed by atoms with Gasteiger partial charge in [0.15, 0.2) is 0 Å². The number of aromatic amines is 1. The lowest BCUT2D eigenvalue weighted by Gasteiger charge is -2.20. The minimum absolute atomic E-state index is 0.0171. The first-order chi connectivity index (χ1) is 13.0. The summed E-state index contributed by atoms with van der Waals surface area (Å²) in [5, 5.41) is 11.2. The Morgan fingerprint density at radius 1 is 1.19 bits per heavy atom. The highest BCUT2D eigenvalue weighted by atomic mass is 16.6. The van der Waals surface area contributed by atoms with E-state index >= 15 is 0 Å². The minimum Gasteiger partial charge on any atom is -0.335 e. The smallest absolute Gasteiger partial charge is 0.269 e. The Morgan fingerprint density at radius 3 is 2.56 bits per heavy atom. The van der Waals surface area contributed by atoms with Gasteiger partial charge in [0.1, 0.15) is 5.82 Å². The zero-order valence-electron chi connectivity index (χ0n) is 14.7. The number of fused-ring (bicyclic) bond motifs is 1. The quantitative estimate of drug-likeness (QED) is 0.532. The third kappa shape index (κ3) is 4.17. The third-order valence-corrected chi connectivity index (χ3v) is 4.24. The van der Waals surface area contributed by atoms with Crippen LogP contribution in [0.25, 0.3) is 10.9 Å². The van der Waals surface area contributed by atoms with E-state index in [-0.39, 0.29) is 30.1 Å². The van der Waals surface area contributed by atoms with Gasteiger partial charge in [-0.05, 0) is 24.6 Å². The lowest BCUT2D eigenvalue weighted by Crippen LogP contribution is -2.33. The van der Waals surface area contributed by atoms with Gasteiger partial charge >= 0.3 is 0 Å². The molecule has 0 spiro atoms. The van der Waals surface area contributed by atoms with Crippen LogP contribution >= 0.6 is 0 Å². The maximum atomic E-state index is 12.6. The SMILES string of the molecule is CCN(Cc1nc2ccccc2c(=O)[nH]1)C(=O)Cc1ccc([N+](=O)[O-])cc1. The number of hydrogen-bond acceptors (Lipinski definition) is 5. The second-order valence-corrected chi connectivity index (χ2v) is 6.04. The molecule has 0 bridgehead atoms. The molecule has 3 aromatic rings. The molecule has 0 aliphatic carbocycles. The van der Waals surface area contributed by atoms with Crippen LogP contribution in [-0.4, -0.2) is 32.2 Å². The summed E-state index contributed by atoms with van der Waals surface area (Å²) in [6.45, 7) is 2.47. The normalized spacial score (nSPS) is 10.7. The zero-order chi connectivity index (χ0) is 19.4. The van der Waals surface area contributed by atoms with Crippen LogP contribution in [0, 0.1) is 10.1 Å². The third-order valence-electron chi connectivity index (χ3n) is 4.24. The van der Waals surface area contributed by atoms with Gasteiger partial charge in [0.2, 0.25) is 5.91 Å². The van der Waals surface area contributed by atoms with Crippen molar-refractivity contribution < 1.29 is 9.72 Å². The fourth-order valence-electron chi connectivity index (χ4n) is 2.79. The number of likely N-dealkylation sites (N-methyl/N-ethyl adjacent to an activating group) is 1. The van der Waals surface area contributed by atoms with Gasteiger partial charge in [-0.3, -0.25) is 19.7 Å². The Labute approximate surface area is 154 Å². The van der Waals surface area contributed by atoms with Crippen molar-refractivity contribution in [2.24, 2.45) is 0 Å². The fraction of sp³-hybridized carbons (Fsp3) is 0.211. The number of carbonyl (C=O) groups excluding carboxylic acids is 1. The number of nitrogens with one attached hydrogen (secondary N) is 1. The van der Waals surface area contributed by atoms with Crippen molar-refractivity contribution in [1.82, 2.24) is 14.9 Å². The summed E-state index contributed by atoms with van der Waals surface area (Å²) in [5.41, 5.74) is 1.00. The molecule has 1 N–H and O–H groups in total. The van der Waals surface area contributed by atoms with E-state index in [1.54, 1.807) is 41.3 Å². The molecule has 0 saturated heterocycles. The molecule has 8 nitrogen and oxygen atoms in total. The predicted octanol–water partition coefficient (Wildman–Crippen LogP) is 2.42. The fourth-order valence-corrected chi connectivity index (χ4v) is 2.79. The topological polar surface area (TPSA) is 109 Å². The lowest BCUT2D eigenvalue weighted by atomic mass is 10.1. The van der Waals surface area contributed by atoms with Crippen molar-refractivity contribution in [3.63, 3.8) is 0 Å². The molecule has 0 aliphatic rings. The van der Waals surface area contributed by atoms with Crippen molar-refractivity contribution in [1.29, 1.82) is 0 Å². The number of rotatable bonds is 6. The number of aromatic nitrogens is 2. The van der Waals surface area contributed by atoms with Crippen LogP contribution in [-0.2, 0) is 17.8 Å². The molecule has 1 heterocycles.